The van der Waals surface area contributed by atoms with Gasteiger partial charge < -0.3 is 9.80 Å². The zero-order chi connectivity index (χ0) is 18.1. The van der Waals surface area contributed by atoms with E-state index in [0.717, 1.165) is 45.6 Å². The molecule has 0 aromatic heterocycles. The van der Waals surface area contributed by atoms with Gasteiger partial charge in [-0.2, -0.15) is 0 Å². The third-order valence-corrected chi connectivity index (χ3v) is 6.13. The minimum Gasteiger partial charge on any atom is -0.325 e. The average molecular weight is 339 g/mol. The Bertz CT molecular complexity index is 427. The van der Waals surface area contributed by atoms with Crippen LogP contribution in [0.15, 0.2) is 0 Å². The highest BCUT2D eigenvalue weighted by Crippen LogP contribution is 2.35. The molecule has 24 heavy (non-hydrogen) atoms. The molecule has 2 aliphatic rings. The second-order valence-electron chi connectivity index (χ2n) is 8.55. The van der Waals surface area contributed by atoms with Crippen LogP contribution < -0.4 is 0 Å². The normalized spacial score (nSPS) is 22.8. The van der Waals surface area contributed by atoms with Crippen LogP contribution in [0.5, 0.6) is 0 Å². The Hall–Kier alpha value is -0.810. The van der Waals surface area contributed by atoms with Crippen LogP contribution in [-0.4, -0.2) is 89.1 Å². The van der Waals surface area contributed by atoms with Crippen molar-refractivity contribution < 1.29 is 4.79 Å². The van der Waals surface area contributed by atoms with Crippen molar-refractivity contribution >= 4 is 6.03 Å². The maximum Gasteiger partial charge on any atom is 0.319 e. The minimum atomic E-state index is 0.187. The monoisotopic (exact) mass is 338 g/mol. The molecule has 2 saturated heterocycles. The van der Waals surface area contributed by atoms with Crippen LogP contribution in [0.25, 0.3) is 0 Å². The van der Waals surface area contributed by atoms with Crippen molar-refractivity contribution in [2.75, 3.05) is 39.8 Å². The lowest BCUT2D eigenvalue weighted by molar-refractivity contribution is -0.0624. The fraction of sp³-hybridized carbons (Fsp3) is 0.947. The van der Waals surface area contributed by atoms with Gasteiger partial charge in [-0.1, -0.05) is 0 Å². The standard InChI is InChI=1S/C19H38N4O/c1-15(2)20(7)18(24)21-10-8-19(9-11-21)14-22(16(3)4)12-13-23(19)17(5)6/h15-17H,8-14H2,1-7H3. The highest BCUT2D eigenvalue weighted by molar-refractivity contribution is 5.74. The molecule has 0 aromatic rings. The topological polar surface area (TPSA) is 30.0 Å². The summed E-state index contributed by atoms with van der Waals surface area (Å²) in [6.45, 7) is 18.6. The van der Waals surface area contributed by atoms with Crippen molar-refractivity contribution in [3.8, 4) is 0 Å². The highest BCUT2D eigenvalue weighted by atomic mass is 16.2. The molecule has 0 aliphatic carbocycles. The Kier molecular flexibility index (Phi) is 6.19. The van der Waals surface area contributed by atoms with Gasteiger partial charge in [-0.05, 0) is 54.4 Å². The molecule has 0 N–H and O–H groups in total. The van der Waals surface area contributed by atoms with Crippen LogP contribution in [-0.2, 0) is 0 Å². The van der Waals surface area contributed by atoms with Crippen molar-refractivity contribution in [1.29, 1.82) is 0 Å². The molecule has 0 radical (unpaired) electrons. The maximum atomic E-state index is 12.6. The van der Waals surface area contributed by atoms with E-state index in [1.165, 1.54) is 0 Å². The average Bonchev–Trinajstić information content (AvgIpc) is 2.53. The summed E-state index contributed by atoms with van der Waals surface area (Å²) in [5, 5.41) is 0. The number of rotatable bonds is 3. The highest BCUT2D eigenvalue weighted by Gasteiger charge is 2.45. The lowest BCUT2D eigenvalue weighted by atomic mass is 9.82. The number of likely N-dealkylation sites (tertiary alicyclic amines) is 1. The van der Waals surface area contributed by atoms with E-state index in [-0.39, 0.29) is 17.6 Å². The Morgan fingerprint density at radius 2 is 1.50 bits per heavy atom. The fourth-order valence-corrected chi connectivity index (χ4v) is 4.27. The van der Waals surface area contributed by atoms with Gasteiger partial charge in [0.05, 0.1) is 0 Å². The van der Waals surface area contributed by atoms with Crippen LogP contribution in [0, 0.1) is 0 Å². The molecule has 1 spiro atoms. The van der Waals surface area contributed by atoms with Crippen molar-refractivity contribution in [1.82, 2.24) is 19.6 Å². The number of hydrogen-bond acceptors (Lipinski definition) is 3. The van der Waals surface area contributed by atoms with Crippen LogP contribution >= 0.6 is 0 Å². The lowest BCUT2D eigenvalue weighted by Crippen LogP contribution is -2.68. The third kappa shape index (κ3) is 3.88. The molecular formula is C19H38N4O. The summed E-state index contributed by atoms with van der Waals surface area (Å²) in [4.78, 5) is 21.9. The molecule has 0 saturated carbocycles. The summed E-state index contributed by atoms with van der Waals surface area (Å²) in [6, 6.07) is 1.61. The predicted octanol–water partition coefficient (Wildman–Crippen LogP) is 2.72. The van der Waals surface area contributed by atoms with Crippen LogP contribution in [0.4, 0.5) is 4.79 Å². The van der Waals surface area contributed by atoms with Gasteiger partial charge in [0, 0.05) is 63.4 Å². The molecule has 140 valence electrons. The number of piperazine rings is 1. The molecule has 5 nitrogen and oxygen atoms in total. The number of nitrogens with zero attached hydrogens (tertiary/aromatic N) is 4. The molecule has 2 heterocycles. The van der Waals surface area contributed by atoms with Crippen molar-refractivity contribution in [2.24, 2.45) is 0 Å². The number of piperidine rings is 1. The van der Waals surface area contributed by atoms with Crippen LogP contribution in [0.3, 0.4) is 0 Å². The molecule has 0 atom stereocenters. The van der Waals surface area contributed by atoms with Gasteiger partial charge in [0.15, 0.2) is 0 Å². The van der Waals surface area contributed by atoms with Crippen LogP contribution in [0.1, 0.15) is 54.4 Å². The third-order valence-electron chi connectivity index (χ3n) is 6.13. The fourth-order valence-electron chi connectivity index (χ4n) is 4.27. The van der Waals surface area contributed by atoms with Gasteiger partial charge in [-0.25, -0.2) is 4.79 Å². The summed E-state index contributed by atoms with van der Waals surface area (Å²) in [6.07, 6.45) is 2.18. The first-order valence-electron chi connectivity index (χ1n) is 9.70. The van der Waals surface area contributed by atoms with Crippen LogP contribution in [0.2, 0.25) is 0 Å². The van der Waals surface area contributed by atoms with Crippen molar-refractivity contribution in [3.05, 3.63) is 0 Å². The van der Waals surface area contributed by atoms with Gasteiger partial charge in [0.25, 0.3) is 0 Å². The van der Waals surface area contributed by atoms with Gasteiger partial charge in [-0.15, -0.1) is 0 Å². The van der Waals surface area contributed by atoms with E-state index < -0.39 is 0 Å². The predicted molar refractivity (Wildman–Crippen MR) is 100 cm³/mol. The minimum absolute atomic E-state index is 0.187. The second kappa shape index (κ2) is 7.61. The first-order chi connectivity index (χ1) is 11.2. The first-order valence-corrected chi connectivity index (χ1v) is 9.70. The zero-order valence-corrected chi connectivity index (χ0v) is 16.9. The summed E-state index contributed by atoms with van der Waals surface area (Å²) in [7, 11) is 1.92. The van der Waals surface area contributed by atoms with E-state index in [9.17, 15) is 4.79 Å². The number of carbonyl (C=O) groups excluding carboxylic acids is 1. The Balaban J connectivity index is 2.08. The van der Waals surface area contributed by atoms with E-state index in [0.29, 0.717) is 12.1 Å². The smallest absolute Gasteiger partial charge is 0.319 e. The largest absolute Gasteiger partial charge is 0.325 e. The molecule has 2 rings (SSSR count). The lowest BCUT2D eigenvalue weighted by Gasteiger charge is -2.56. The maximum absolute atomic E-state index is 12.6. The molecule has 0 bridgehead atoms. The molecule has 2 amide bonds. The Morgan fingerprint density at radius 1 is 0.917 bits per heavy atom. The zero-order valence-electron chi connectivity index (χ0n) is 16.9. The molecular weight excluding hydrogens is 300 g/mol. The molecule has 2 fully saturated rings. The molecule has 0 aromatic carbocycles. The number of carbonyl (C=O) groups is 1. The number of hydrogen-bond donors (Lipinski definition) is 0. The van der Waals surface area contributed by atoms with E-state index in [2.05, 4.69) is 56.2 Å². The van der Waals surface area contributed by atoms with Gasteiger partial charge in [-0.3, -0.25) is 9.80 Å². The molecule has 0 unspecified atom stereocenters. The van der Waals surface area contributed by atoms with Gasteiger partial charge >= 0.3 is 6.03 Å². The Morgan fingerprint density at radius 3 is 1.96 bits per heavy atom. The number of amides is 2. The molecule has 2 aliphatic heterocycles. The second-order valence-corrected chi connectivity index (χ2v) is 8.55. The van der Waals surface area contributed by atoms with Gasteiger partial charge in [0.1, 0.15) is 0 Å². The Labute approximate surface area is 148 Å². The summed E-state index contributed by atoms with van der Waals surface area (Å²) in [5.74, 6) is 0. The first kappa shape index (κ1) is 19.5. The van der Waals surface area contributed by atoms with Crippen molar-refractivity contribution in [3.63, 3.8) is 0 Å². The summed E-state index contributed by atoms with van der Waals surface area (Å²) in [5.41, 5.74) is 0.240. The van der Waals surface area contributed by atoms with Crippen molar-refractivity contribution in [2.45, 2.75) is 78.0 Å². The number of urea groups is 1. The summed E-state index contributed by atoms with van der Waals surface area (Å²) < 4.78 is 0. The van der Waals surface area contributed by atoms with E-state index in [4.69, 9.17) is 0 Å². The summed E-state index contributed by atoms with van der Waals surface area (Å²) >= 11 is 0. The van der Waals surface area contributed by atoms with E-state index in [1.54, 1.807) is 0 Å². The SMILES string of the molecule is CC(C)N1CCN(C(C)C)C2(CCN(C(=O)N(C)C(C)C)CC2)C1. The van der Waals surface area contributed by atoms with E-state index >= 15 is 0 Å². The van der Waals surface area contributed by atoms with Gasteiger partial charge in [0.2, 0.25) is 0 Å². The molecule has 5 heteroatoms. The quantitative estimate of drug-likeness (QED) is 0.792. The van der Waals surface area contributed by atoms with E-state index in [1.807, 2.05) is 11.9 Å².